The SMILES string of the molecule is CNC1C(O)C(NC)C2OC3(O)C(OC(C)CC3(O)CNCCc3ccc(C)c(C)c3)OC2C1O. The van der Waals surface area contributed by atoms with E-state index >= 15 is 0 Å². The number of aliphatic hydroxyl groups excluding tert-OH is 2. The Kier molecular flexibility index (Phi) is 7.90. The number of nitrogens with one attached hydrogen (secondary N) is 3. The van der Waals surface area contributed by atoms with Crippen LogP contribution in [0.25, 0.3) is 0 Å². The molecule has 4 rings (SSSR count). The molecule has 3 aliphatic rings. The second-order valence-electron chi connectivity index (χ2n) is 10.3. The lowest BCUT2D eigenvalue weighted by molar-refractivity contribution is -0.482. The minimum atomic E-state index is -2.20. The van der Waals surface area contributed by atoms with Crippen molar-refractivity contribution in [3.63, 3.8) is 0 Å². The van der Waals surface area contributed by atoms with Gasteiger partial charge in [0, 0.05) is 13.0 Å². The van der Waals surface area contributed by atoms with E-state index in [0.29, 0.717) is 6.54 Å². The van der Waals surface area contributed by atoms with E-state index in [1.165, 1.54) is 16.7 Å². The van der Waals surface area contributed by atoms with E-state index in [9.17, 15) is 20.4 Å². The van der Waals surface area contributed by atoms with Crippen molar-refractivity contribution in [2.45, 2.75) is 93.9 Å². The fourth-order valence-corrected chi connectivity index (χ4v) is 5.72. The summed E-state index contributed by atoms with van der Waals surface area (Å²) in [7, 11) is 3.31. The molecule has 1 aliphatic carbocycles. The van der Waals surface area contributed by atoms with Gasteiger partial charge < -0.3 is 50.6 Å². The molecule has 7 N–H and O–H groups in total. The summed E-state index contributed by atoms with van der Waals surface area (Å²) in [5.74, 6) is -2.20. The number of hydrogen-bond acceptors (Lipinski definition) is 10. The van der Waals surface area contributed by atoms with Gasteiger partial charge in [-0.25, -0.2) is 0 Å². The molecule has 0 radical (unpaired) electrons. The fraction of sp³-hybridized carbons (Fsp3) is 0.760. The number of aliphatic hydroxyl groups is 4. The first-order chi connectivity index (χ1) is 16.5. The molecule has 1 aromatic rings. The van der Waals surface area contributed by atoms with Crippen molar-refractivity contribution in [1.82, 2.24) is 16.0 Å². The van der Waals surface area contributed by atoms with E-state index in [4.69, 9.17) is 14.2 Å². The molecule has 0 spiro atoms. The highest BCUT2D eigenvalue weighted by Crippen LogP contribution is 2.46. The highest BCUT2D eigenvalue weighted by molar-refractivity contribution is 5.30. The van der Waals surface area contributed by atoms with Gasteiger partial charge in [0.1, 0.15) is 23.9 Å². The van der Waals surface area contributed by atoms with Crippen molar-refractivity contribution in [1.29, 1.82) is 0 Å². The number of likely N-dealkylation sites (N-methyl/N-ethyl adjacent to an activating group) is 2. The van der Waals surface area contributed by atoms with E-state index in [1.807, 2.05) is 0 Å². The maximum atomic E-state index is 11.7. The number of ether oxygens (including phenoxy) is 3. The van der Waals surface area contributed by atoms with Gasteiger partial charge in [0.2, 0.25) is 12.1 Å². The largest absolute Gasteiger partial charge is 0.390 e. The van der Waals surface area contributed by atoms with E-state index < -0.39 is 60.3 Å². The zero-order valence-electron chi connectivity index (χ0n) is 21.2. The molecule has 10 heteroatoms. The van der Waals surface area contributed by atoms with Crippen molar-refractivity contribution < 1.29 is 34.6 Å². The van der Waals surface area contributed by atoms with Gasteiger partial charge in [-0.15, -0.1) is 0 Å². The molecule has 10 atom stereocenters. The Morgan fingerprint density at radius 1 is 0.971 bits per heavy atom. The molecular weight excluding hydrogens is 454 g/mol. The third-order valence-corrected chi connectivity index (χ3v) is 7.93. The first-order valence-electron chi connectivity index (χ1n) is 12.5. The summed E-state index contributed by atoms with van der Waals surface area (Å²) in [6.07, 6.45) is -4.78. The van der Waals surface area contributed by atoms with Crippen molar-refractivity contribution in [2.75, 3.05) is 27.2 Å². The van der Waals surface area contributed by atoms with Crippen molar-refractivity contribution in [3.05, 3.63) is 34.9 Å². The summed E-state index contributed by atoms with van der Waals surface area (Å²) in [4.78, 5) is 0. The third-order valence-electron chi connectivity index (χ3n) is 7.93. The molecule has 1 aromatic carbocycles. The van der Waals surface area contributed by atoms with Gasteiger partial charge in [-0.1, -0.05) is 18.2 Å². The zero-order valence-corrected chi connectivity index (χ0v) is 21.2. The van der Waals surface area contributed by atoms with Crippen LogP contribution in [0, 0.1) is 13.8 Å². The van der Waals surface area contributed by atoms with Crippen LogP contribution >= 0.6 is 0 Å². The Labute approximate surface area is 207 Å². The summed E-state index contributed by atoms with van der Waals surface area (Å²) in [6, 6.07) is 5.01. The number of fused-ring (bicyclic) bond motifs is 2. The van der Waals surface area contributed by atoms with Crippen LogP contribution in [0.15, 0.2) is 18.2 Å². The average Bonchev–Trinajstić information content (AvgIpc) is 2.80. The van der Waals surface area contributed by atoms with Crippen molar-refractivity contribution in [3.8, 4) is 0 Å². The lowest BCUT2D eigenvalue weighted by Crippen LogP contribution is -2.81. The molecule has 1 saturated carbocycles. The quantitative estimate of drug-likeness (QED) is 0.228. The van der Waals surface area contributed by atoms with E-state index in [2.05, 4.69) is 48.0 Å². The Morgan fingerprint density at radius 2 is 1.69 bits per heavy atom. The van der Waals surface area contributed by atoms with Crippen LogP contribution in [-0.2, 0) is 20.6 Å². The first-order valence-corrected chi connectivity index (χ1v) is 12.5. The lowest BCUT2D eigenvalue weighted by Gasteiger charge is -2.60. The maximum Gasteiger partial charge on any atom is 0.249 e. The first kappa shape index (κ1) is 26.9. The van der Waals surface area contributed by atoms with Crippen molar-refractivity contribution >= 4 is 0 Å². The standard InChI is InChI=1S/C25H41N3O7/c1-13-6-7-16(10-14(13)2)8-9-28-12-24(31)11-15(3)33-23-25(24,32)35-21-18(27-5)19(29)17(26-4)20(30)22(21)34-23/h6-7,10,15,17-23,26-32H,8-9,11-12H2,1-5H3. The summed E-state index contributed by atoms with van der Waals surface area (Å²) >= 11 is 0. The van der Waals surface area contributed by atoms with Crippen LogP contribution in [0.3, 0.4) is 0 Å². The van der Waals surface area contributed by atoms with E-state index in [1.54, 1.807) is 21.0 Å². The summed E-state index contributed by atoms with van der Waals surface area (Å²) in [5, 5.41) is 54.3. The normalized spacial score (nSPS) is 43.5. The van der Waals surface area contributed by atoms with Gasteiger partial charge in [0.25, 0.3) is 0 Å². The molecule has 2 saturated heterocycles. The van der Waals surface area contributed by atoms with E-state index in [0.717, 1.165) is 6.42 Å². The minimum absolute atomic E-state index is 0.0494. The number of hydrogen-bond donors (Lipinski definition) is 7. The Bertz CT molecular complexity index is 891. The lowest BCUT2D eigenvalue weighted by atomic mass is 9.77. The molecular formula is C25H41N3O7. The van der Waals surface area contributed by atoms with Crippen LogP contribution in [0.1, 0.15) is 30.0 Å². The van der Waals surface area contributed by atoms with Gasteiger partial charge in [-0.05, 0) is 64.5 Å². The zero-order chi connectivity index (χ0) is 25.5. The molecule has 35 heavy (non-hydrogen) atoms. The monoisotopic (exact) mass is 495 g/mol. The van der Waals surface area contributed by atoms with Crippen LogP contribution in [-0.4, -0.2) is 108 Å². The Morgan fingerprint density at radius 3 is 2.34 bits per heavy atom. The molecule has 3 fully saturated rings. The predicted octanol–water partition coefficient (Wildman–Crippen LogP) is -1.31. The molecule has 0 amide bonds. The smallest absolute Gasteiger partial charge is 0.249 e. The maximum absolute atomic E-state index is 11.7. The van der Waals surface area contributed by atoms with Gasteiger partial charge in [0.15, 0.2) is 0 Å². The van der Waals surface area contributed by atoms with Gasteiger partial charge >= 0.3 is 0 Å². The van der Waals surface area contributed by atoms with Gasteiger partial charge in [-0.3, -0.25) is 0 Å². The molecule has 10 nitrogen and oxygen atoms in total. The number of aryl methyl sites for hydroxylation is 2. The van der Waals surface area contributed by atoms with Crippen LogP contribution in [0.4, 0.5) is 0 Å². The second kappa shape index (κ2) is 10.3. The van der Waals surface area contributed by atoms with Crippen molar-refractivity contribution in [2.24, 2.45) is 0 Å². The fourth-order valence-electron chi connectivity index (χ4n) is 5.72. The summed E-state index contributed by atoms with van der Waals surface area (Å²) < 4.78 is 18.0. The highest BCUT2D eigenvalue weighted by Gasteiger charge is 2.68. The number of rotatable bonds is 7. The van der Waals surface area contributed by atoms with Gasteiger partial charge in [0.05, 0.1) is 24.3 Å². The predicted molar refractivity (Wildman–Crippen MR) is 129 cm³/mol. The topological polar surface area (TPSA) is 145 Å². The third kappa shape index (κ3) is 4.77. The molecule has 0 bridgehead atoms. The van der Waals surface area contributed by atoms with Gasteiger partial charge in [-0.2, -0.15) is 0 Å². The molecule has 2 aliphatic heterocycles. The molecule has 2 heterocycles. The van der Waals surface area contributed by atoms with E-state index in [-0.39, 0.29) is 13.0 Å². The minimum Gasteiger partial charge on any atom is -0.390 e. The van der Waals surface area contributed by atoms with Crippen LogP contribution in [0.2, 0.25) is 0 Å². The second-order valence-corrected chi connectivity index (χ2v) is 10.3. The average molecular weight is 496 g/mol. The highest BCUT2D eigenvalue weighted by atomic mass is 16.8. The van der Waals surface area contributed by atoms with Crippen LogP contribution < -0.4 is 16.0 Å². The molecule has 10 unspecified atom stereocenters. The van der Waals surface area contributed by atoms with Crippen LogP contribution in [0.5, 0.6) is 0 Å². The Balaban J connectivity index is 1.50. The Hall–Kier alpha value is -1.18. The molecule has 198 valence electrons. The number of benzene rings is 1. The summed E-state index contributed by atoms with van der Waals surface area (Å²) in [6.45, 7) is 6.60. The summed E-state index contributed by atoms with van der Waals surface area (Å²) in [5.41, 5.74) is 1.94. The molecule has 0 aromatic heterocycles.